The molecule has 58 heavy (non-hydrogen) atoms. The first-order valence-electron chi connectivity index (χ1n) is 20.2. The molecular weight excluding hydrogens is 721 g/mol. The largest absolute Gasteiger partial charge is 0.228 e. The van der Waals surface area contributed by atoms with Gasteiger partial charge >= 0.3 is 0 Å². The van der Waals surface area contributed by atoms with Gasteiger partial charge in [0.2, 0.25) is 0 Å². The van der Waals surface area contributed by atoms with Gasteiger partial charge in [0.15, 0.2) is 5.82 Å². The summed E-state index contributed by atoms with van der Waals surface area (Å²) in [5.74, 6) is 0.739. The highest BCUT2D eigenvalue weighted by Crippen LogP contribution is 2.58. The zero-order valence-electron chi connectivity index (χ0n) is 32.5. The summed E-state index contributed by atoms with van der Waals surface area (Å²) >= 11 is 1.97. The van der Waals surface area contributed by atoms with Gasteiger partial charge in [-0.05, 0) is 111 Å². The molecule has 0 N–H and O–H groups in total. The first-order valence-corrected chi connectivity index (χ1v) is 21.0. The number of aryl methyl sites for hydroxylation is 2. The second kappa shape index (κ2) is 13.8. The molecule has 1 aliphatic heterocycles. The van der Waals surface area contributed by atoms with Crippen LogP contribution < -0.4 is 0 Å². The van der Waals surface area contributed by atoms with Gasteiger partial charge in [-0.25, -0.2) is 9.97 Å². The summed E-state index contributed by atoms with van der Waals surface area (Å²) in [5.41, 5.74) is 20.2. The van der Waals surface area contributed by atoms with Gasteiger partial charge in [-0.2, -0.15) is 0 Å². The SMILES string of the molecule is Cc1ccccc1C1(c2cc(-c3ccccc3-c3cc(C4=CC=C5c6ccccc6SC5C4)nc(-c4ccccc4)n3)ccc2C)c2ccccc2-c2ccccc21. The van der Waals surface area contributed by atoms with Crippen molar-refractivity contribution < 1.29 is 0 Å². The summed E-state index contributed by atoms with van der Waals surface area (Å²) in [6, 6.07) is 64.2. The van der Waals surface area contributed by atoms with E-state index in [0.29, 0.717) is 5.25 Å². The molecule has 2 aliphatic carbocycles. The van der Waals surface area contributed by atoms with Crippen molar-refractivity contribution in [1.82, 2.24) is 9.97 Å². The smallest absolute Gasteiger partial charge is 0.160 e. The van der Waals surface area contributed by atoms with E-state index in [2.05, 4.69) is 196 Å². The van der Waals surface area contributed by atoms with Gasteiger partial charge in [0.1, 0.15) is 0 Å². The van der Waals surface area contributed by atoms with Gasteiger partial charge in [0.25, 0.3) is 0 Å². The molecule has 0 amide bonds. The highest BCUT2D eigenvalue weighted by atomic mass is 32.2. The maximum atomic E-state index is 5.34. The zero-order chi connectivity index (χ0) is 38.8. The third-order valence-corrected chi connectivity index (χ3v) is 13.7. The fourth-order valence-electron chi connectivity index (χ4n) is 9.77. The van der Waals surface area contributed by atoms with Gasteiger partial charge in [-0.1, -0.05) is 170 Å². The van der Waals surface area contributed by atoms with E-state index in [0.717, 1.165) is 45.9 Å². The number of rotatable bonds is 6. The van der Waals surface area contributed by atoms with Crippen LogP contribution in [0.25, 0.3) is 56.0 Å². The van der Waals surface area contributed by atoms with Gasteiger partial charge in [0.05, 0.1) is 16.8 Å². The Balaban J connectivity index is 1.10. The van der Waals surface area contributed by atoms with E-state index >= 15 is 0 Å². The quantitative estimate of drug-likeness (QED) is 0.169. The van der Waals surface area contributed by atoms with Crippen molar-refractivity contribution in [1.29, 1.82) is 0 Å². The van der Waals surface area contributed by atoms with Gasteiger partial charge in [0, 0.05) is 21.3 Å². The fourth-order valence-corrected chi connectivity index (χ4v) is 11.1. The van der Waals surface area contributed by atoms with Crippen molar-refractivity contribution in [2.24, 2.45) is 0 Å². The van der Waals surface area contributed by atoms with Crippen LogP contribution in [0.4, 0.5) is 0 Å². The van der Waals surface area contributed by atoms with Crippen molar-refractivity contribution in [3.05, 3.63) is 233 Å². The first-order chi connectivity index (χ1) is 28.6. The minimum Gasteiger partial charge on any atom is -0.228 e. The van der Waals surface area contributed by atoms with Gasteiger partial charge < -0.3 is 0 Å². The molecule has 2 heterocycles. The lowest BCUT2D eigenvalue weighted by molar-refractivity contribution is 0.754. The second-order valence-electron chi connectivity index (χ2n) is 15.7. The number of fused-ring (bicyclic) bond motifs is 6. The standard InChI is InChI=1S/C55H40N2S/c1-35-16-6-12-24-46(35)55(47-25-13-9-20-41(47)42-21-10-14-26-48(42)55)49-32-38(29-28-36(49)2)40-19-7-8-22-43(40)51-34-50(56-54(57-51)37-17-4-3-5-18-37)39-30-31-45-44-23-11-15-27-52(44)58-53(45)33-39/h3-32,34,53H,33H2,1-2H3. The van der Waals surface area contributed by atoms with E-state index in [9.17, 15) is 0 Å². The Morgan fingerprint density at radius 2 is 1.05 bits per heavy atom. The molecule has 11 rings (SSSR count). The maximum Gasteiger partial charge on any atom is 0.160 e. The summed E-state index contributed by atoms with van der Waals surface area (Å²) in [6.45, 7) is 4.53. The van der Waals surface area contributed by atoms with Crippen LogP contribution in [0.15, 0.2) is 193 Å². The van der Waals surface area contributed by atoms with Crippen molar-refractivity contribution in [3.8, 4) is 44.9 Å². The summed E-state index contributed by atoms with van der Waals surface area (Å²) in [4.78, 5) is 12.0. The van der Waals surface area contributed by atoms with Crippen LogP contribution in [0.2, 0.25) is 0 Å². The number of aromatic nitrogens is 2. The molecule has 2 nitrogen and oxygen atoms in total. The molecule has 0 bridgehead atoms. The van der Waals surface area contributed by atoms with Crippen LogP contribution in [0, 0.1) is 13.8 Å². The average Bonchev–Trinajstić information content (AvgIpc) is 3.80. The third-order valence-electron chi connectivity index (χ3n) is 12.4. The van der Waals surface area contributed by atoms with E-state index < -0.39 is 5.41 Å². The first kappa shape index (κ1) is 34.7. The summed E-state index contributed by atoms with van der Waals surface area (Å²) in [6.07, 6.45) is 5.52. The predicted octanol–water partition coefficient (Wildman–Crippen LogP) is 13.8. The fraction of sp³-hybridized carbons (Fsp3) is 0.0909. The van der Waals surface area contributed by atoms with E-state index in [4.69, 9.17) is 9.97 Å². The monoisotopic (exact) mass is 760 g/mol. The molecule has 1 aromatic heterocycles. The predicted molar refractivity (Wildman–Crippen MR) is 242 cm³/mol. The molecule has 1 unspecified atom stereocenters. The van der Waals surface area contributed by atoms with E-state index in [1.807, 2.05) is 17.8 Å². The van der Waals surface area contributed by atoms with Crippen molar-refractivity contribution in [2.45, 2.75) is 35.8 Å². The number of hydrogen-bond donors (Lipinski definition) is 0. The molecule has 0 radical (unpaired) electrons. The summed E-state index contributed by atoms with van der Waals surface area (Å²) < 4.78 is 0. The minimum atomic E-state index is -0.492. The van der Waals surface area contributed by atoms with Crippen LogP contribution in [0.1, 0.15) is 51.1 Å². The van der Waals surface area contributed by atoms with Crippen LogP contribution in [-0.4, -0.2) is 15.2 Å². The third kappa shape index (κ3) is 5.41. The van der Waals surface area contributed by atoms with Crippen molar-refractivity contribution >= 4 is 22.9 Å². The summed E-state index contributed by atoms with van der Waals surface area (Å²) in [7, 11) is 0. The number of benzene rings is 7. The van der Waals surface area contributed by atoms with E-state index in [-0.39, 0.29) is 0 Å². The molecule has 1 atom stereocenters. The second-order valence-corrected chi connectivity index (χ2v) is 16.9. The van der Waals surface area contributed by atoms with Crippen LogP contribution >= 0.6 is 11.8 Å². The number of nitrogens with zero attached hydrogens (tertiary/aromatic N) is 2. The lowest BCUT2D eigenvalue weighted by Crippen LogP contribution is -2.30. The Morgan fingerprint density at radius 1 is 0.466 bits per heavy atom. The molecule has 0 saturated carbocycles. The molecular formula is C55H40N2S. The van der Waals surface area contributed by atoms with Crippen molar-refractivity contribution in [3.63, 3.8) is 0 Å². The molecule has 3 heteroatoms. The molecule has 0 saturated heterocycles. The molecule has 276 valence electrons. The highest BCUT2D eigenvalue weighted by Gasteiger charge is 2.47. The maximum absolute atomic E-state index is 5.34. The lowest BCUT2D eigenvalue weighted by Gasteiger charge is -2.36. The van der Waals surface area contributed by atoms with Crippen molar-refractivity contribution in [2.75, 3.05) is 0 Å². The van der Waals surface area contributed by atoms with Crippen LogP contribution in [0.3, 0.4) is 0 Å². The Hall–Kier alpha value is -6.55. The lowest BCUT2D eigenvalue weighted by atomic mass is 9.65. The normalized spacial score (nSPS) is 15.8. The highest BCUT2D eigenvalue weighted by molar-refractivity contribution is 8.00. The molecule has 0 spiro atoms. The van der Waals surface area contributed by atoms with E-state index in [1.54, 1.807) is 0 Å². The Morgan fingerprint density at radius 3 is 1.79 bits per heavy atom. The van der Waals surface area contributed by atoms with Crippen LogP contribution in [0.5, 0.6) is 0 Å². The molecule has 8 aromatic rings. The molecule has 7 aromatic carbocycles. The average molecular weight is 761 g/mol. The number of hydrogen-bond acceptors (Lipinski definition) is 3. The van der Waals surface area contributed by atoms with Gasteiger partial charge in [-0.3, -0.25) is 0 Å². The molecule has 0 fully saturated rings. The minimum absolute atomic E-state index is 0.376. The Bertz CT molecular complexity index is 2950. The zero-order valence-corrected chi connectivity index (χ0v) is 33.3. The molecule has 3 aliphatic rings. The topological polar surface area (TPSA) is 25.8 Å². The number of thioether (sulfide) groups is 1. The Labute approximate surface area is 344 Å². The van der Waals surface area contributed by atoms with E-state index in [1.165, 1.54) is 66.1 Å². The van der Waals surface area contributed by atoms with Gasteiger partial charge in [-0.15, -0.1) is 11.8 Å². The Kier molecular flexibility index (Phi) is 8.27. The van der Waals surface area contributed by atoms with Crippen LogP contribution in [-0.2, 0) is 5.41 Å². The summed E-state index contributed by atoms with van der Waals surface area (Å²) in [5, 5.41) is 0.376. The number of allylic oxidation sites excluding steroid dienone is 3.